The van der Waals surface area contributed by atoms with Crippen LogP contribution in [0, 0.1) is 18.3 Å². The van der Waals surface area contributed by atoms with E-state index in [4.69, 9.17) is 4.74 Å². The zero-order valence-corrected chi connectivity index (χ0v) is 26.1. The summed E-state index contributed by atoms with van der Waals surface area (Å²) in [4.78, 5) is 11.9. The number of benzene rings is 3. The van der Waals surface area contributed by atoms with Gasteiger partial charge in [0.15, 0.2) is 0 Å². The van der Waals surface area contributed by atoms with Gasteiger partial charge in [0.05, 0.1) is 23.1 Å². The molecule has 228 valence electrons. The third-order valence-corrected chi connectivity index (χ3v) is 8.92. The van der Waals surface area contributed by atoms with Crippen LogP contribution in [0.15, 0.2) is 83.8 Å². The fraction of sp³-hybridized carbons (Fsp3) is 0.424. The molecule has 0 spiro atoms. The Bertz CT molecular complexity index is 1410. The highest BCUT2D eigenvalue weighted by atomic mass is 32.2. The lowest BCUT2D eigenvalue weighted by molar-refractivity contribution is 0.00249. The lowest BCUT2D eigenvalue weighted by atomic mass is 9.79. The van der Waals surface area contributed by atoms with Crippen LogP contribution in [-0.4, -0.2) is 53.8 Å². The molecule has 3 N–H and O–H groups in total. The average molecular weight is 597 g/mol. The van der Waals surface area contributed by atoms with Gasteiger partial charge in [-0.05, 0) is 59.6 Å². The van der Waals surface area contributed by atoms with Gasteiger partial charge in [0.2, 0.25) is 10.0 Å². The van der Waals surface area contributed by atoms with Crippen LogP contribution in [0.25, 0.3) is 0 Å². The summed E-state index contributed by atoms with van der Waals surface area (Å²) in [6, 6.07) is 21.8. The molecule has 0 aliphatic rings. The number of carboxylic acid groups (broad SMARTS) is 1. The first-order valence-corrected chi connectivity index (χ1v) is 15.6. The van der Waals surface area contributed by atoms with Gasteiger partial charge in [-0.25, -0.2) is 13.2 Å². The number of nitrogens with one attached hydrogen (secondary N) is 1. The van der Waals surface area contributed by atoms with Gasteiger partial charge in [-0.1, -0.05) is 95.3 Å². The molecule has 0 aliphatic carbocycles. The lowest BCUT2D eigenvalue weighted by Crippen LogP contribution is -2.61. The number of nitrogens with zero attached hydrogens (tertiary/aromatic N) is 1. The van der Waals surface area contributed by atoms with E-state index in [1.807, 2.05) is 95.3 Å². The maximum atomic E-state index is 14.3. The molecule has 1 unspecified atom stereocenters. The quantitative estimate of drug-likeness (QED) is 0.227. The van der Waals surface area contributed by atoms with E-state index >= 15 is 0 Å². The molecule has 3 aromatic carbocycles. The topological polar surface area (TPSA) is 116 Å². The van der Waals surface area contributed by atoms with Gasteiger partial charge >= 0.3 is 6.09 Å². The standard InChI is InChI=1S/C33H44N2O6S/c1-23(2)21-35(31(33(4,5)6)30(36)28(34-32(37)38)20-25-13-9-7-10-14-25)42(39,40)27-17-18-29(24(3)19-27)41-22-26-15-11-8-12-16-26/h7-19,23,28,30-31,34,36H,20-22H2,1-6H3,(H,37,38)/t28-,30+,31?/m0/s1. The summed E-state index contributed by atoms with van der Waals surface area (Å²) >= 11 is 0. The number of amides is 1. The SMILES string of the molecule is Cc1cc(S(=O)(=O)N(CC(C)C)C([C@H](O)[C@H](Cc2ccccc2)NC(=O)O)C(C)(C)C)ccc1OCc1ccccc1. The Kier molecular flexibility index (Phi) is 11.2. The molecular weight excluding hydrogens is 552 g/mol. The van der Waals surface area contributed by atoms with E-state index in [0.717, 1.165) is 11.1 Å². The maximum Gasteiger partial charge on any atom is 0.404 e. The van der Waals surface area contributed by atoms with Crippen LogP contribution in [0.2, 0.25) is 0 Å². The van der Waals surface area contributed by atoms with E-state index in [2.05, 4.69) is 5.32 Å². The zero-order valence-electron chi connectivity index (χ0n) is 25.3. The van der Waals surface area contributed by atoms with Crippen LogP contribution >= 0.6 is 0 Å². The molecule has 3 aromatic rings. The van der Waals surface area contributed by atoms with Crippen molar-refractivity contribution < 1.29 is 28.2 Å². The molecule has 0 fully saturated rings. The molecule has 0 saturated carbocycles. The summed E-state index contributed by atoms with van der Waals surface area (Å²) < 4.78 is 36.0. The van der Waals surface area contributed by atoms with E-state index in [1.54, 1.807) is 19.1 Å². The van der Waals surface area contributed by atoms with Gasteiger partial charge in [-0.2, -0.15) is 4.31 Å². The molecule has 0 bridgehead atoms. The molecule has 3 atom stereocenters. The van der Waals surface area contributed by atoms with Gasteiger partial charge in [0.1, 0.15) is 12.4 Å². The fourth-order valence-corrected chi connectivity index (χ4v) is 7.23. The number of rotatable bonds is 13. The number of hydrogen-bond donors (Lipinski definition) is 3. The molecule has 42 heavy (non-hydrogen) atoms. The average Bonchev–Trinajstić information content (AvgIpc) is 2.91. The second-order valence-electron chi connectivity index (χ2n) is 12.2. The molecule has 3 rings (SSSR count). The first kappa shape index (κ1) is 33.1. The molecule has 0 aliphatic heterocycles. The first-order valence-electron chi connectivity index (χ1n) is 14.2. The second-order valence-corrected chi connectivity index (χ2v) is 14.1. The summed E-state index contributed by atoms with van der Waals surface area (Å²) in [6.07, 6.45) is -2.43. The number of sulfonamides is 1. The largest absolute Gasteiger partial charge is 0.489 e. The molecule has 0 radical (unpaired) electrons. The summed E-state index contributed by atoms with van der Waals surface area (Å²) in [5.74, 6) is 0.514. The van der Waals surface area contributed by atoms with Crippen molar-refractivity contribution in [2.24, 2.45) is 11.3 Å². The number of aryl methyl sites for hydroxylation is 1. The van der Waals surface area contributed by atoms with Crippen LogP contribution in [0.1, 0.15) is 51.3 Å². The minimum absolute atomic E-state index is 0.0635. The Balaban J connectivity index is 2.00. The van der Waals surface area contributed by atoms with Crippen molar-refractivity contribution in [3.8, 4) is 5.75 Å². The fourth-order valence-electron chi connectivity index (χ4n) is 5.15. The maximum absolute atomic E-state index is 14.3. The minimum atomic E-state index is -4.12. The molecular formula is C33H44N2O6S. The predicted molar refractivity (Wildman–Crippen MR) is 165 cm³/mol. The Hall–Kier alpha value is -3.40. The summed E-state index contributed by atoms with van der Waals surface area (Å²) in [6.45, 7) is 11.7. The van der Waals surface area contributed by atoms with E-state index in [9.17, 15) is 23.4 Å². The molecule has 9 heteroatoms. The van der Waals surface area contributed by atoms with Crippen molar-refractivity contribution in [2.75, 3.05) is 6.54 Å². The molecule has 1 amide bonds. The third-order valence-electron chi connectivity index (χ3n) is 7.08. The Labute approximate surface area is 250 Å². The van der Waals surface area contributed by atoms with E-state index < -0.39 is 39.7 Å². The van der Waals surface area contributed by atoms with E-state index in [-0.39, 0.29) is 23.8 Å². The van der Waals surface area contributed by atoms with Crippen LogP contribution in [0.3, 0.4) is 0 Å². The normalized spacial score (nSPS) is 14.4. The van der Waals surface area contributed by atoms with Gasteiger partial charge in [0, 0.05) is 6.54 Å². The van der Waals surface area contributed by atoms with Crippen molar-refractivity contribution >= 4 is 16.1 Å². The van der Waals surface area contributed by atoms with Crippen LogP contribution < -0.4 is 10.1 Å². The Morgan fingerprint density at radius 1 is 0.952 bits per heavy atom. The van der Waals surface area contributed by atoms with E-state index in [0.29, 0.717) is 17.9 Å². The highest BCUT2D eigenvalue weighted by molar-refractivity contribution is 7.89. The molecule has 8 nitrogen and oxygen atoms in total. The predicted octanol–water partition coefficient (Wildman–Crippen LogP) is 5.88. The van der Waals surface area contributed by atoms with E-state index in [1.165, 1.54) is 10.4 Å². The van der Waals surface area contributed by atoms with Gasteiger partial charge in [-0.3, -0.25) is 0 Å². The van der Waals surface area contributed by atoms with Crippen molar-refractivity contribution in [1.82, 2.24) is 9.62 Å². The number of aliphatic hydroxyl groups is 1. The van der Waals surface area contributed by atoms with Crippen LogP contribution in [-0.2, 0) is 23.1 Å². The third kappa shape index (κ3) is 8.80. The second kappa shape index (κ2) is 14.2. The molecule has 0 heterocycles. The van der Waals surface area contributed by atoms with Crippen molar-refractivity contribution in [1.29, 1.82) is 0 Å². The number of aliphatic hydroxyl groups excluding tert-OH is 1. The number of hydrogen-bond acceptors (Lipinski definition) is 5. The number of carbonyl (C=O) groups is 1. The van der Waals surface area contributed by atoms with Crippen molar-refractivity contribution in [2.45, 2.75) is 77.7 Å². The zero-order chi connectivity index (χ0) is 31.1. The van der Waals surface area contributed by atoms with Crippen molar-refractivity contribution in [3.05, 3.63) is 95.6 Å². The summed E-state index contributed by atoms with van der Waals surface area (Å²) in [5, 5.41) is 23.9. The monoisotopic (exact) mass is 596 g/mol. The highest BCUT2D eigenvalue weighted by Gasteiger charge is 2.45. The highest BCUT2D eigenvalue weighted by Crippen LogP contribution is 2.35. The Morgan fingerprint density at radius 3 is 2.02 bits per heavy atom. The van der Waals surface area contributed by atoms with Crippen molar-refractivity contribution in [3.63, 3.8) is 0 Å². The Morgan fingerprint density at radius 2 is 1.52 bits per heavy atom. The smallest absolute Gasteiger partial charge is 0.404 e. The summed E-state index contributed by atoms with van der Waals surface area (Å²) in [5.41, 5.74) is 1.74. The van der Waals surface area contributed by atoms with Gasteiger partial charge < -0.3 is 20.3 Å². The molecule has 0 saturated heterocycles. The van der Waals surface area contributed by atoms with Gasteiger partial charge in [-0.15, -0.1) is 0 Å². The lowest BCUT2D eigenvalue weighted by Gasteiger charge is -2.44. The van der Waals surface area contributed by atoms with Crippen LogP contribution in [0.4, 0.5) is 4.79 Å². The molecule has 0 aromatic heterocycles. The number of ether oxygens (including phenoxy) is 1. The van der Waals surface area contributed by atoms with Gasteiger partial charge in [0.25, 0.3) is 0 Å². The van der Waals surface area contributed by atoms with Crippen LogP contribution in [0.5, 0.6) is 5.75 Å². The first-order chi connectivity index (χ1) is 19.7. The summed E-state index contributed by atoms with van der Waals surface area (Å²) in [7, 11) is -4.12. The minimum Gasteiger partial charge on any atom is -0.489 e.